The number of nitro groups is 1. The van der Waals surface area contributed by atoms with Crippen molar-refractivity contribution in [1.29, 1.82) is 0 Å². The van der Waals surface area contributed by atoms with Crippen molar-refractivity contribution < 1.29 is 4.92 Å². The maximum absolute atomic E-state index is 10.6. The first-order chi connectivity index (χ1) is 8.66. The van der Waals surface area contributed by atoms with Crippen LogP contribution in [0.15, 0.2) is 47.2 Å². The number of anilines is 1. The number of non-ortho nitro benzene ring substituents is 1. The van der Waals surface area contributed by atoms with Gasteiger partial charge in [0, 0.05) is 41.2 Å². The summed E-state index contributed by atoms with van der Waals surface area (Å²) in [6.07, 6.45) is 3.48. The maximum atomic E-state index is 10.6. The first-order valence-electron chi connectivity index (χ1n) is 5.23. The molecule has 0 radical (unpaired) electrons. The van der Waals surface area contributed by atoms with Gasteiger partial charge in [0.2, 0.25) is 0 Å². The van der Waals surface area contributed by atoms with Crippen molar-refractivity contribution in [1.82, 2.24) is 4.98 Å². The van der Waals surface area contributed by atoms with Gasteiger partial charge in [-0.15, -0.1) is 0 Å². The Kier molecular flexibility index (Phi) is 3.88. The van der Waals surface area contributed by atoms with Gasteiger partial charge in [-0.1, -0.05) is 6.07 Å². The Hall–Kier alpha value is -1.95. The standard InChI is InChI=1S/C12H10BrN3O2/c13-11-6-10(16(17)18)3-4-12(11)15-8-9-2-1-5-14-7-9/h1-7,15H,8H2. The zero-order valence-corrected chi connectivity index (χ0v) is 10.9. The molecule has 0 amide bonds. The summed E-state index contributed by atoms with van der Waals surface area (Å²) in [5.74, 6) is 0. The highest BCUT2D eigenvalue weighted by Crippen LogP contribution is 2.27. The lowest BCUT2D eigenvalue weighted by Crippen LogP contribution is -2.00. The van der Waals surface area contributed by atoms with Crippen LogP contribution in [0.25, 0.3) is 0 Å². The third kappa shape index (κ3) is 3.04. The lowest BCUT2D eigenvalue weighted by atomic mass is 10.2. The van der Waals surface area contributed by atoms with Gasteiger partial charge in [0.25, 0.3) is 5.69 Å². The van der Waals surface area contributed by atoms with E-state index in [4.69, 9.17) is 0 Å². The minimum Gasteiger partial charge on any atom is -0.380 e. The summed E-state index contributed by atoms with van der Waals surface area (Å²) in [6, 6.07) is 8.45. The van der Waals surface area contributed by atoms with Crippen LogP contribution in [-0.2, 0) is 6.54 Å². The highest BCUT2D eigenvalue weighted by molar-refractivity contribution is 9.10. The van der Waals surface area contributed by atoms with Crippen LogP contribution in [-0.4, -0.2) is 9.91 Å². The highest BCUT2D eigenvalue weighted by Gasteiger charge is 2.08. The first kappa shape index (κ1) is 12.5. The van der Waals surface area contributed by atoms with Gasteiger partial charge in [-0.3, -0.25) is 15.1 Å². The van der Waals surface area contributed by atoms with Crippen molar-refractivity contribution in [2.75, 3.05) is 5.32 Å². The number of pyridine rings is 1. The van der Waals surface area contributed by atoms with Crippen LogP contribution < -0.4 is 5.32 Å². The number of benzene rings is 1. The van der Waals surface area contributed by atoms with Gasteiger partial charge < -0.3 is 5.32 Å². The fourth-order valence-corrected chi connectivity index (χ4v) is 1.97. The molecule has 1 aromatic heterocycles. The number of nitrogens with zero attached hydrogens (tertiary/aromatic N) is 2. The van der Waals surface area contributed by atoms with Crippen molar-refractivity contribution >= 4 is 27.3 Å². The Morgan fingerprint density at radius 3 is 2.83 bits per heavy atom. The summed E-state index contributed by atoms with van der Waals surface area (Å²) in [4.78, 5) is 14.2. The normalized spacial score (nSPS) is 10.1. The smallest absolute Gasteiger partial charge is 0.270 e. The van der Waals surface area contributed by atoms with Crippen LogP contribution in [0.4, 0.5) is 11.4 Å². The van der Waals surface area contributed by atoms with Crippen LogP contribution in [0.2, 0.25) is 0 Å². The van der Waals surface area contributed by atoms with E-state index in [1.165, 1.54) is 12.1 Å². The molecule has 0 bridgehead atoms. The van der Waals surface area contributed by atoms with E-state index < -0.39 is 4.92 Å². The van der Waals surface area contributed by atoms with Gasteiger partial charge in [0.1, 0.15) is 0 Å². The monoisotopic (exact) mass is 307 g/mol. The van der Waals surface area contributed by atoms with E-state index in [0.29, 0.717) is 11.0 Å². The topological polar surface area (TPSA) is 68.1 Å². The molecular formula is C12H10BrN3O2. The molecule has 0 aliphatic rings. The van der Waals surface area contributed by atoms with Gasteiger partial charge in [-0.2, -0.15) is 0 Å². The SMILES string of the molecule is O=[N+]([O-])c1ccc(NCc2cccnc2)c(Br)c1. The molecule has 2 aromatic rings. The van der Waals surface area contributed by atoms with Crippen molar-refractivity contribution in [3.8, 4) is 0 Å². The summed E-state index contributed by atoms with van der Waals surface area (Å²) >= 11 is 3.31. The van der Waals surface area contributed by atoms with E-state index in [0.717, 1.165) is 11.3 Å². The number of rotatable bonds is 4. The highest BCUT2D eigenvalue weighted by atomic mass is 79.9. The molecule has 92 valence electrons. The summed E-state index contributed by atoms with van der Waals surface area (Å²) in [7, 11) is 0. The molecule has 0 aliphatic carbocycles. The summed E-state index contributed by atoms with van der Waals surface area (Å²) in [5, 5.41) is 13.8. The summed E-state index contributed by atoms with van der Waals surface area (Å²) in [5.41, 5.74) is 1.92. The van der Waals surface area contributed by atoms with Crippen molar-refractivity contribution in [3.63, 3.8) is 0 Å². The lowest BCUT2D eigenvalue weighted by molar-refractivity contribution is -0.384. The van der Waals surface area contributed by atoms with Crippen molar-refractivity contribution in [2.45, 2.75) is 6.54 Å². The van der Waals surface area contributed by atoms with E-state index in [1.54, 1.807) is 18.5 Å². The largest absolute Gasteiger partial charge is 0.380 e. The number of nitrogens with one attached hydrogen (secondary N) is 1. The molecule has 6 heteroatoms. The first-order valence-corrected chi connectivity index (χ1v) is 6.03. The zero-order valence-electron chi connectivity index (χ0n) is 9.34. The van der Waals surface area contributed by atoms with E-state index in [1.807, 2.05) is 12.1 Å². The van der Waals surface area contributed by atoms with E-state index in [9.17, 15) is 10.1 Å². The Morgan fingerprint density at radius 2 is 2.22 bits per heavy atom. The average Bonchev–Trinajstić information content (AvgIpc) is 2.38. The van der Waals surface area contributed by atoms with Gasteiger partial charge in [-0.05, 0) is 33.6 Å². The Morgan fingerprint density at radius 1 is 1.39 bits per heavy atom. The lowest BCUT2D eigenvalue weighted by Gasteiger charge is -2.08. The Balaban J connectivity index is 2.08. The summed E-state index contributed by atoms with van der Waals surface area (Å²) in [6.45, 7) is 0.615. The van der Waals surface area contributed by atoms with Crippen molar-refractivity contribution in [2.24, 2.45) is 0 Å². The van der Waals surface area contributed by atoms with Gasteiger partial charge in [0.15, 0.2) is 0 Å². The second-order valence-electron chi connectivity index (χ2n) is 3.64. The predicted octanol–water partition coefficient (Wildman–Crippen LogP) is 3.36. The zero-order chi connectivity index (χ0) is 13.0. The number of halogens is 1. The van der Waals surface area contributed by atoms with Crippen LogP contribution in [0.5, 0.6) is 0 Å². The third-order valence-electron chi connectivity index (χ3n) is 2.37. The number of hydrogen-bond donors (Lipinski definition) is 1. The van der Waals surface area contributed by atoms with Gasteiger partial charge >= 0.3 is 0 Å². The van der Waals surface area contributed by atoms with Crippen molar-refractivity contribution in [3.05, 3.63) is 62.9 Å². The number of hydrogen-bond acceptors (Lipinski definition) is 4. The molecular weight excluding hydrogens is 298 g/mol. The Bertz CT molecular complexity index is 561. The molecule has 5 nitrogen and oxygen atoms in total. The van der Waals surface area contributed by atoms with E-state index >= 15 is 0 Å². The van der Waals surface area contributed by atoms with E-state index in [-0.39, 0.29) is 5.69 Å². The number of nitro benzene ring substituents is 1. The van der Waals surface area contributed by atoms with Gasteiger partial charge in [-0.25, -0.2) is 0 Å². The fourth-order valence-electron chi connectivity index (χ4n) is 1.46. The molecule has 0 fully saturated rings. The Labute approximate surface area is 112 Å². The molecule has 1 N–H and O–H groups in total. The van der Waals surface area contributed by atoms with Crippen LogP contribution in [0.1, 0.15) is 5.56 Å². The minimum absolute atomic E-state index is 0.0637. The minimum atomic E-state index is -0.421. The molecule has 0 aliphatic heterocycles. The second-order valence-corrected chi connectivity index (χ2v) is 4.49. The fraction of sp³-hybridized carbons (Fsp3) is 0.0833. The average molecular weight is 308 g/mol. The molecule has 1 heterocycles. The molecule has 0 saturated carbocycles. The quantitative estimate of drug-likeness (QED) is 0.694. The second kappa shape index (κ2) is 5.59. The molecule has 2 rings (SSSR count). The summed E-state index contributed by atoms with van der Waals surface area (Å²) < 4.78 is 0.667. The molecule has 18 heavy (non-hydrogen) atoms. The molecule has 0 atom stereocenters. The number of aromatic nitrogens is 1. The van der Waals surface area contributed by atoms with Crippen LogP contribution in [0.3, 0.4) is 0 Å². The predicted molar refractivity (Wildman–Crippen MR) is 72.4 cm³/mol. The molecule has 0 unspecified atom stereocenters. The van der Waals surface area contributed by atoms with Crippen LogP contribution in [0, 0.1) is 10.1 Å². The third-order valence-corrected chi connectivity index (χ3v) is 3.03. The maximum Gasteiger partial charge on any atom is 0.270 e. The van der Waals surface area contributed by atoms with Gasteiger partial charge in [0.05, 0.1) is 4.92 Å². The molecule has 1 aromatic carbocycles. The van der Waals surface area contributed by atoms with E-state index in [2.05, 4.69) is 26.2 Å². The molecule has 0 saturated heterocycles. The molecule has 0 spiro atoms. The van der Waals surface area contributed by atoms with Crippen LogP contribution >= 0.6 is 15.9 Å².